The third-order valence-corrected chi connectivity index (χ3v) is 1.32. The fraction of sp³-hybridized carbons (Fsp3) is 0.889. The summed E-state index contributed by atoms with van der Waals surface area (Å²) in [5, 5.41) is 3.27. The van der Waals surface area contributed by atoms with Crippen molar-refractivity contribution < 1.29 is 9.53 Å². The fourth-order valence-electron chi connectivity index (χ4n) is 0.781. The van der Waals surface area contributed by atoms with Crippen molar-refractivity contribution in [3.8, 4) is 0 Å². The Labute approximate surface area is 74.5 Å². The Balaban J connectivity index is 2.96. The van der Waals surface area contributed by atoms with Gasteiger partial charge in [0.25, 0.3) is 0 Å². The van der Waals surface area contributed by atoms with Crippen molar-refractivity contribution in [2.45, 2.75) is 33.2 Å². The number of carbonyl (C=O) groups excluding carboxylic acids is 1. The number of rotatable bonds is 7. The van der Waals surface area contributed by atoms with Gasteiger partial charge in [0.2, 0.25) is 0 Å². The van der Waals surface area contributed by atoms with E-state index in [1.807, 2.05) is 0 Å². The van der Waals surface area contributed by atoms with Gasteiger partial charge >= 0.3 is 0 Å². The van der Waals surface area contributed by atoms with Crippen LogP contribution in [0.4, 0.5) is 0 Å². The standard InChI is InChI=1S/C9H19NO2/c1-8(2)10-5-4-6-12-7-9(3)11/h8,10H,4-7H2,1-3H3. The highest BCUT2D eigenvalue weighted by Crippen LogP contribution is 1.83. The highest BCUT2D eigenvalue weighted by Gasteiger charge is 1.94. The molecule has 0 fully saturated rings. The Morgan fingerprint density at radius 3 is 2.67 bits per heavy atom. The van der Waals surface area contributed by atoms with Gasteiger partial charge in [-0.2, -0.15) is 0 Å². The smallest absolute Gasteiger partial charge is 0.155 e. The molecule has 0 bridgehead atoms. The zero-order valence-corrected chi connectivity index (χ0v) is 8.22. The van der Waals surface area contributed by atoms with Gasteiger partial charge in [-0.05, 0) is 19.9 Å². The molecule has 0 aliphatic rings. The molecule has 0 unspecified atom stereocenters. The zero-order chi connectivity index (χ0) is 9.40. The Kier molecular flexibility index (Phi) is 7.00. The maximum atomic E-state index is 10.4. The zero-order valence-electron chi connectivity index (χ0n) is 8.22. The van der Waals surface area contributed by atoms with E-state index in [9.17, 15) is 4.79 Å². The van der Waals surface area contributed by atoms with E-state index >= 15 is 0 Å². The molecule has 3 nitrogen and oxygen atoms in total. The number of Topliss-reactive ketones (excluding diaryl/α,β-unsaturated/α-hetero) is 1. The van der Waals surface area contributed by atoms with Crippen molar-refractivity contribution in [2.75, 3.05) is 19.8 Å². The van der Waals surface area contributed by atoms with E-state index < -0.39 is 0 Å². The van der Waals surface area contributed by atoms with Crippen LogP contribution in [-0.4, -0.2) is 31.6 Å². The minimum atomic E-state index is 0.0896. The van der Waals surface area contributed by atoms with E-state index in [-0.39, 0.29) is 12.4 Å². The van der Waals surface area contributed by atoms with Crippen LogP contribution in [-0.2, 0) is 9.53 Å². The summed E-state index contributed by atoms with van der Waals surface area (Å²) in [4.78, 5) is 10.4. The van der Waals surface area contributed by atoms with Gasteiger partial charge in [0.15, 0.2) is 5.78 Å². The Morgan fingerprint density at radius 2 is 2.17 bits per heavy atom. The van der Waals surface area contributed by atoms with Crippen LogP contribution in [0.3, 0.4) is 0 Å². The molecule has 0 saturated heterocycles. The highest BCUT2D eigenvalue weighted by atomic mass is 16.5. The highest BCUT2D eigenvalue weighted by molar-refractivity contribution is 5.76. The van der Waals surface area contributed by atoms with Gasteiger partial charge < -0.3 is 10.1 Å². The molecule has 0 aliphatic carbocycles. The second kappa shape index (κ2) is 7.25. The van der Waals surface area contributed by atoms with Crippen LogP contribution in [0.25, 0.3) is 0 Å². The Hall–Kier alpha value is -0.410. The average Bonchev–Trinajstić information content (AvgIpc) is 1.95. The maximum absolute atomic E-state index is 10.4. The quantitative estimate of drug-likeness (QED) is 0.583. The SMILES string of the molecule is CC(=O)COCCCNC(C)C. The molecular weight excluding hydrogens is 154 g/mol. The van der Waals surface area contributed by atoms with Crippen molar-refractivity contribution >= 4 is 5.78 Å². The molecule has 0 atom stereocenters. The first-order valence-electron chi connectivity index (χ1n) is 4.43. The lowest BCUT2D eigenvalue weighted by molar-refractivity contribution is -0.121. The summed E-state index contributed by atoms with van der Waals surface area (Å²) in [7, 11) is 0. The van der Waals surface area contributed by atoms with Crippen LogP contribution in [0, 0.1) is 0 Å². The summed E-state index contributed by atoms with van der Waals surface area (Å²) >= 11 is 0. The Morgan fingerprint density at radius 1 is 1.50 bits per heavy atom. The first-order chi connectivity index (χ1) is 5.63. The number of hydrogen-bond acceptors (Lipinski definition) is 3. The fourth-order valence-corrected chi connectivity index (χ4v) is 0.781. The minimum absolute atomic E-state index is 0.0896. The number of ketones is 1. The lowest BCUT2D eigenvalue weighted by Crippen LogP contribution is -2.24. The van der Waals surface area contributed by atoms with Crippen LogP contribution in [0.5, 0.6) is 0 Å². The largest absolute Gasteiger partial charge is 0.374 e. The third kappa shape index (κ3) is 9.59. The minimum Gasteiger partial charge on any atom is -0.374 e. The number of carbonyl (C=O) groups is 1. The van der Waals surface area contributed by atoms with Crippen LogP contribution in [0.2, 0.25) is 0 Å². The summed E-state index contributed by atoms with van der Waals surface area (Å²) < 4.78 is 5.09. The van der Waals surface area contributed by atoms with Crippen molar-refractivity contribution in [1.29, 1.82) is 0 Å². The van der Waals surface area contributed by atoms with E-state index in [0.717, 1.165) is 13.0 Å². The summed E-state index contributed by atoms with van der Waals surface area (Å²) in [6.07, 6.45) is 0.964. The lowest BCUT2D eigenvalue weighted by atomic mass is 10.3. The molecule has 12 heavy (non-hydrogen) atoms. The van der Waals surface area contributed by atoms with Gasteiger partial charge in [0.1, 0.15) is 6.61 Å². The molecule has 1 N–H and O–H groups in total. The predicted molar refractivity (Wildman–Crippen MR) is 49.3 cm³/mol. The van der Waals surface area contributed by atoms with E-state index in [0.29, 0.717) is 12.6 Å². The summed E-state index contributed by atoms with van der Waals surface area (Å²) in [6, 6.07) is 0.526. The third-order valence-electron chi connectivity index (χ3n) is 1.32. The van der Waals surface area contributed by atoms with Gasteiger partial charge in [-0.25, -0.2) is 0 Å². The first kappa shape index (κ1) is 11.6. The summed E-state index contributed by atoms with van der Waals surface area (Å²) in [6.45, 7) is 7.62. The van der Waals surface area contributed by atoms with Crippen LogP contribution >= 0.6 is 0 Å². The molecule has 0 rings (SSSR count). The van der Waals surface area contributed by atoms with Crippen molar-refractivity contribution in [3.05, 3.63) is 0 Å². The monoisotopic (exact) mass is 173 g/mol. The number of nitrogens with one attached hydrogen (secondary N) is 1. The van der Waals surface area contributed by atoms with E-state index in [1.165, 1.54) is 6.92 Å². The predicted octanol–water partition coefficient (Wildman–Crippen LogP) is 0.980. The van der Waals surface area contributed by atoms with Crippen molar-refractivity contribution in [1.82, 2.24) is 5.32 Å². The molecule has 0 aromatic heterocycles. The van der Waals surface area contributed by atoms with E-state index in [4.69, 9.17) is 4.74 Å². The summed E-state index contributed by atoms with van der Waals surface area (Å²) in [5.41, 5.74) is 0. The molecular formula is C9H19NO2. The lowest BCUT2D eigenvalue weighted by Gasteiger charge is -2.07. The van der Waals surface area contributed by atoms with Crippen LogP contribution < -0.4 is 5.32 Å². The molecule has 3 heteroatoms. The molecule has 0 aliphatic heterocycles. The topological polar surface area (TPSA) is 38.3 Å². The molecule has 0 heterocycles. The molecule has 0 spiro atoms. The van der Waals surface area contributed by atoms with Gasteiger partial charge in [-0.15, -0.1) is 0 Å². The van der Waals surface area contributed by atoms with Gasteiger partial charge in [0.05, 0.1) is 0 Å². The summed E-state index contributed by atoms with van der Waals surface area (Å²) in [5.74, 6) is 0.0896. The van der Waals surface area contributed by atoms with Crippen LogP contribution in [0.15, 0.2) is 0 Å². The molecule has 0 aromatic carbocycles. The van der Waals surface area contributed by atoms with E-state index in [2.05, 4.69) is 19.2 Å². The molecule has 0 amide bonds. The van der Waals surface area contributed by atoms with Crippen molar-refractivity contribution in [3.63, 3.8) is 0 Å². The number of hydrogen-bond donors (Lipinski definition) is 1. The van der Waals surface area contributed by atoms with Gasteiger partial charge in [0, 0.05) is 12.6 Å². The van der Waals surface area contributed by atoms with Crippen LogP contribution in [0.1, 0.15) is 27.2 Å². The second-order valence-corrected chi connectivity index (χ2v) is 3.22. The maximum Gasteiger partial charge on any atom is 0.155 e. The molecule has 72 valence electrons. The molecule has 0 saturated carbocycles. The first-order valence-corrected chi connectivity index (χ1v) is 4.43. The normalized spacial score (nSPS) is 10.7. The molecule has 0 radical (unpaired) electrons. The Bertz CT molecular complexity index is 124. The van der Waals surface area contributed by atoms with Gasteiger partial charge in [-0.3, -0.25) is 4.79 Å². The van der Waals surface area contributed by atoms with Crippen molar-refractivity contribution in [2.24, 2.45) is 0 Å². The van der Waals surface area contributed by atoms with Gasteiger partial charge in [-0.1, -0.05) is 13.8 Å². The van der Waals surface area contributed by atoms with E-state index in [1.54, 1.807) is 0 Å². The second-order valence-electron chi connectivity index (χ2n) is 3.22. The molecule has 0 aromatic rings. The average molecular weight is 173 g/mol. The number of ether oxygens (including phenoxy) is 1.